The molecule has 1 N–H and O–H groups in total. The molecule has 2 saturated heterocycles. The van der Waals surface area contributed by atoms with Gasteiger partial charge in [0.2, 0.25) is 5.91 Å². The summed E-state index contributed by atoms with van der Waals surface area (Å²) < 4.78 is 5.50. The smallest absolute Gasteiger partial charge is 0.244 e. The molecule has 3 aliphatic rings. The van der Waals surface area contributed by atoms with E-state index in [2.05, 4.69) is 24.1 Å². The van der Waals surface area contributed by atoms with Crippen LogP contribution in [0.5, 0.6) is 0 Å². The van der Waals surface area contributed by atoms with Gasteiger partial charge in [0.25, 0.3) is 0 Å². The van der Waals surface area contributed by atoms with E-state index in [4.69, 9.17) is 4.74 Å². The average Bonchev–Trinajstić information content (AvgIpc) is 3.03. The zero-order chi connectivity index (χ0) is 13.5. The summed E-state index contributed by atoms with van der Waals surface area (Å²) >= 11 is 0. The Kier molecular flexibility index (Phi) is 3.56. The minimum atomic E-state index is -0.234. The first-order chi connectivity index (χ1) is 9.12. The molecule has 3 rings (SSSR count). The van der Waals surface area contributed by atoms with Crippen molar-refractivity contribution in [1.82, 2.24) is 10.2 Å². The van der Waals surface area contributed by atoms with Gasteiger partial charge in [-0.2, -0.15) is 0 Å². The lowest BCUT2D eigenvalue weighted by molar-refractivity contribution is -0.135. The number of carbonyl (C=O) groups is 1. The Morgan fingerprint density at radius 2 is 2.16 bits per heavy atom. The second-order valence-corrected chi connectivity index (χ2v) is 6.81. The predicted molar refractivity (Wildman–Crippen MR) is 73.6 cm³/mol. The number of ether oxygens (including phenoxy) is 1. The van der Waals surface area contributed by atoms with E-state index in [1.54, 1.807) is 0 Å². The summed E-state index contributed by atoms with van der Waals surface area (Å²) in [6, 6.07) is 0.295. The number of rotatable bonds is 3. The monoisotopic (exact) mass is 266 g/mol. The van der Waals surface area contributed by atoms with E-state index in [-0.39, 0.29) is 11.7 Å². The van der Waals surface area contributed by atoms with Gasteiger partial charge in [0.15, 0.2) is 0 Å². The number of nitrogens with one attached hydrogen (secondary N) is 1. The van der Waals surface area contributed by atoms with E-state index in [0.717, 1.165) is 38.9 Å². The van der Waals surface area contributed by atoms with Gasteiger partial charge in [-0.1, -0.05) is 26.7 Å². The fourth-order valence-electron chi connectivity index (χ4n) is 3.96. The molecule has 0 aromatic carbocycles. The molecule has 108 valence electrons. The predicted octanol–water partition coefficient (Wildman–Crippen LogP) is 1.89. The summed E-state index contributed by atoms with van der Waals surface area (Å²) in [7, 11) is 0. The molecule has 2 heterocycles. The molecule has 2 aliphatic heterocycles. The summed E-state index contributed by atoms with van der Waals surface area (Å²) in [5, 5.41) is 3.70. The van der Waals surface area contributed by atoms with Gasteiger partial charge in [-0.3, -0.25) is 10.1 Å². The van der Waals surface area contributed by atoms with E-state index in [1.165, 1.54) is 12.8 Å². The van der Waals surface area contributed by atoms with Crippen molar-refractivity contribution in [3.05, 3.63) is 0 Å². The third-order valence-corrected chi connectivity index (χ3v) is 4.87. The standard InChI is InChI=1S/C15H26N2O2/c1-11(2)9-13-16-15(6-3-4-7-15)14(18)17(13)12-5-8-19-10-12/h11-13,16H,3-10H2,1-2H3. The number of nitrogens with zero attached hydrogens (tertiary/aromatic N) is 1. The van der Waals surface area contributed by atoms with Crippen molar-refractivity contribution >= 4 is 5.91 Å². The van der Waals surface area contributed by atoms with Crippen LogP contribution in [0.3, 0.4) is 0 Å². The third kappa shape index (κ3) is 2.29. The van der Waals surface area contributed by atoms with E-state index in [0.29, 0.717) is 17.9 Å². The van der Waals surface area contributed by atoms with Crippen LogP contribution in [0.4, 0.5) is 0 Å². The number of carbonyl (C=O) groups excluding carboxylic acids is 1. The van der Waals surface area contributed by atoms with Crippen molar-refractivity contribution in [3.8, 4) is 0 Å². The fraction of sp³-hybridized carbons (Fsp3) is 0.933. The molecule has 0 radical (unpaired) electrons. The van der Waals surface area contributed by atoms with Crippen molar-refractivity contribution in [2.75, 3.05) is 13.2 Å². The first-order valence-electron chi connectivity index (χ1n) is 7.80. The molecule has 3 fully saturated rings. The SMILES string of the molecule is CC(C)CC1NC2(CCCC2)C(=O)N1C1CCOC1. The minimum Gasteiger partial charge on any atom is -0.379 e. The zero-order valence-electron chi connectivity index (χ0n) is 12.2. The second-order valence-electron chi connectivity index (χ2n) is 6.81. The third-order valence-electron chi connectivity index (χ3n) is 4.87. The van der Waals surface area contributed by atoms with Gasteiger partial charge in [-0.15, -0.1) is 0 Å². The number of hydrogen-bond donors (Lipinski definition) is 1. The van der Waals surface area contributed by atoms with Crippen LogP contribution in [-0.2, 0) is 9.53 Å². The van der Waals surface area contributed by atoms with E-state index in [9.17, 15) is 4.79 Å². The second kappa shape index (κ2) is 5.06. The van der Waals surface area contributed by atoms with Gasteiger partial charge in [-0.05, 0) is 31.6 Å². The normalized spacial score (nSPS) is 34.1. The maximum atomic E-state index is 12.9. The highest BCUT2D eigenvalue weighted by Crippen LogP contribution is 2.39. The average molecular weight is 266 g/mol. The summed E-state index contributed by atoms with van der Waals surface area (Å²) in [4.78, 5) is 15.1. The van der Waals surface area contributed by atoms with E-state index < -0.39 is 0 Å². The maximum Gasteiger partial charge on any atom is 0.244 e. The molecular weight excluding hydrogens is 240 g/mol. The fourth-order valence-corrected chi connectivity index (χ4v) is 3.96. The molecular formula is C15H26N2O2. The quantitative estimate of drug-likeness (QED) is 0.848. The molecule has 0 aromatic heterocycles. The zero-order valence-corrected chi connectivity index (χ0v) is 12.2. The van der Waals surface area contributed by atoms with Crippen LogP contribution in [0, 0.1) is 5.92 Å². The van der Waals surface area contributed by atoms with Gasteiger partial charge in [0.1, 0.15) is 0 Å². The van der Waals surface area contributed by atoms with Crippen molar-refractivity contribution in [1.29, 1.82) is 0 Å². The summed E-state index contributed by atoms with van der Waals surface area (Å²) in [5.41, 5.74) is -0.234. The number of amides is 1. The first-order valence-corrected chi connectivity index (χ1v) is 7.80. The molecule has 1 saturated carbocycles. The summed E-state index contributed by atoms with van der Waals surface area (Å²) in [5.74, 6) is 0.956. The van der Waals surface area contributed by atoms with Crippen LogP contribution in [0.1, 0.15) is 52.4 Å². The van der Waals surface area contributed by atoms with Crippen molar-refractivity contribution < 1.29 is 9.53 Å². The maximum absolute atomic E-state index is 12.9. The van der Waals surface area contributed by atoms with E-state index in [1.807, 2.05) is 0 Å². The molecule has 1 aliphatic carbocycles. The lowest BCUT2D eigenvalue weighted by Crippen LogP contribution is -2.46. The Bertz CT molecular complexity index is 344. The lowest BCUT2D eigenvalue weighted by Gasteiger charge is -2.30. The minimum absolute atomic E-state index is 0.220. The lowest BCUT2D eigenvalue weighted by atomic mass is 9.97. The molecule has 4 nitrogen and oxygen atoms in total. The van der Waals surface area contributed by atoms with Gasteiger partial charge in [0.05, 0.1) is 24.4 Å². The largest absolute Gasteiger partial charge is 0.379 e. The molecule has 1 spiro atoms. The Hall–Kier alpha value is -0.610. The Morgan fingerprint density at radius 1 is 1.42 bits per heavy atom. The molecule has 1 amide bonds. The molecule has 2 unspecified atom stereocenters. The van der Waals surface area contributed by atoms with Crippen LogP contribution < -0.4 is 5.32 Å². The molecule has 4 heteroatoms. The molecule has 19 heavy (non-hydrogen) atoms. The van der Waals surface area contributed by atoms with Crippen LogP contribution in [-0.4, -0.2) is 41.8 Å². The summed E-state index contributed by atoms with van der Waals surface area (Å²) in [6.07, 6.45) is 6.67. The highest BCUT2D eigenvalue weighted by Gasteiger charge is 2.54. The van der Waals surface area contributed by atoms with Gasteiger partial charge in [-0.25, -0.2) is 0 Å². The van der Waals surface area contributed by atoms with Crippen LogP contribution in [0.2, 0.25) is 0 Å². The Balaban J connectivity index is 1.82. The van der Waals surface area contributed by atoms with Crippen molar-refractivity contribution in [2.24, 2.45) is 5.92 Å². The summed E-state index contributed by atoms with van der Waals surface area (Å²) in [6.45, 7) is 5.98. The highest BCUT2D eigenvalue weighted by molar-refractivity contribution is 5.89. The molecule has 0 bridgehead atoms. The van der Waals surface area contributed by atoms with Crippen molar-refractivity contribution in [3.63, 3.8) is 0 Å². The van der Waals surface area contributed by atoms with Gasteiger partial charge >= 0.3 is 0 Å². The molecule has 0 aromatic rings. The van der Waals surface area contributed by atoms with Gasteiger partial charge < -0.3 is 9.64 Å². The van der Waals surface area contributed by atoms with Crippen molar-refractivity contribution in [2.45, 2.75) is 70.1 Å². The van der Waals surface area contributed by atoms with Crippen LogP contribution in [0.15, 0.2) is 0 Å². The Morgan fingerprint density at radius 3 is 2.74 bits per heavy atom. The van der Waals surface area contributed by atoms with Gasteiger partial charge in [0, 0.05) is 6.61 Å². The van der Waals surface area contributed by atoms with E-state index >= 15 is 0 Å². The Labute approximate surface area is 115 Å². The van der Waals surface area contributed by atoms with Crippen LogP contribution >= 0.6 is 0 Å². The first kappa shape index (κ1) is 13.4. The topological polar surface area (TPSA) is 41.6 Å². The number of hydrogen-bond acceptors (Lipinski definition) is 3. The van der Waals surface area contributed by atoms with Crippen LogP contribution in [0.25, 0.3) is 0 Å². The molecule has 2 atom stereocenters. The highest BCUT2D eigenvalue weighted by atomic mass is 16.5.